The average Bonchev–Trinajstić information content (AvgIpc) is 3.50. The van der Waals surface area contributed by atoms with Crippen LogP contribution in [-0.4, -0.2) is 60.5 Å². The van der Waals surface area contributed by atoms with Crippen molar-refractivity contribution in [3.8, 4) is 0 Å². The minimum atomic E-state index is -0.637. The molecule has 15 heteroatoms. The van der Waals surface area contributed by atoms with Crippen LogP contribution in [0.15, 0.2) is 30.7 Å². The highest BCUT2D eigenvalue weighted by Gasteiger charge is 2.21. The van der Waals surface area contributed by atoms with Crippen LogP contribution in [0.3, 0.4) is 0 Å². The Labute approximate surface area is 210 Å². The number of esters is 1. The Morgan fingerprint density at radius 3 is 2.27 bits per heavy atom. The first-order valence-corrected chi connectivity index (χ1v) is 11.1. The van der Waals surface area contributed by atoms with Crippen LogP contribution in [-0.2, 0) is 30.7 Å². The van der Waals surface area contributed by atoms with Gasteiger partial charge in [-0.05, 0) is 13.0 Å². The van der Waals surface area contributed by atoms with Gasteiger partial charge in [0.15, 0.2) is 5.82 Å². The number of nitrogens with one attached hydrogen (secondary N) is 3. The van der Waals surface area contributed by atoms with Crippen molar-refractivity contribution >= 4 is 40.9 Å². The van der Waals surface area contributed by atoms with Crippen molar-refractivity contribution in [2.24, 2.45) is 21.1 Å². The lowest BCUT2D eigenvalue weighted by molar-refractivity contribution is -0.384. The highest BCUT2D eigenvalue weighted by Crippen LogP contribution is 2.18. The maximum Gasteiger partial charge on any atom is 0.307 e. The smallest absolute Gasteiger partial charge is 0.307 e. The van der Waals surface area contributed by atoms with Crippen LogP contribution in [0.4, 0.5) is 17.2 Å². The largest absolute Gasteiger partial charge is 0.466 e. The van der Waals surface area contributed by atoms with Crippen LogP contribution >= 0.6 is 0 Å². The molecule has 0 radical (unpaired) electrons. The van der Waals surface area contributed by atoms with E-state index in [4.69, 9.17) is 4.74 Å². The summed E-state index contributed by atoms with van der Waals surface area (Å²) in [5.74, 6) is -2.05. The van der Waals surface area contributed by atoms with E-state index in [-0.39, 0.29) is 48.3 Å². The third-order valence-electron chi connectivity index (χ3n) is 5.17. The summed E-state index contributed by atoms with van der Waals surface area (Å²) in [5.41, 5.74) is 0.390. The molecule has 3 aromatic heterocycles. The van der Waals surface area contributed by atoms with Crippen LogP contribution in [0, 0.1) is 10.1 Å². The van der Waals surface area contributed by atoms with E-state index in [1.165, 1.54) is 45.4 Å². The zero-order valence-corrected chi connectivity index (χ0v) is 20.6. The molecule has 0 unspecified atom stereocenters. The number of anilines is 2. The van der Waals surface area contributed by atoms with E-state index in [0.717, 1.165) is 6.07 Å². The molecule has 3 rings (SSSR count). The number of hydrogen-bond acceptors (Lipinski definition) is 8. The number of hydrogen-bond donors (Lipinski definition) is 3. The zero-order chi connectivity index (χ0) is 27.3. The van der Waals surface area contributed by atoms with E-state index in [1.54, 1.807) is 21.0 Å². The third kappa shape index (κ3) is 6.39. The Hall–Kier alpha value is -4.95. The number of imidazole rings is 1. The van der Waals surface area contributed by atoms with Gasteiger partial charge in [0, 0.05) is 46.1 Å². The molecule has 0 spiro atoms. The molecule has 0 atom stereocenters. The highest BCUT2D eigenvalue weighted by atomic mass is 16.6. The molecule has 3 N–H and O–H groups in total. The molecule has 0 aliphatic carbocycles. The predicted octanol–water partition coefficient (Wildman–Crippen LogP) is 1.19. The van der Waals surface area contributed by atoms with Gasteiger partial charge in [0.05, 0.1) is 29.8 Å². The second-order valence-electron chi connectivity index (χ2n) is 7.96. The minimum absolute atomic E-state index is 0.0301. The molecule has 3 heterocycles. The number of ether oxygens (including phenoxy) is 1. The average molecular weight is 514 g/mol. The molecule has 0 aliphatic rings. The summed E-state index contributed by atoms with van der Waals surface area (Å²) in [4.78, 5) is 63.6. The van der Waals surface area contributed by atoms with Crippen LogP contribution < -0.4 is 16.0 Å². The van der Waals surface area contributed by atoms with E-state index in [2.05, 4.69) is 20.9 Å². The maximum atomic E-state index is 12.8. The van der Waals surface area contributed by atoms with Gasteiger partial charge < -0.3 is 34.4 Å². The first-order chi connectivity index (χ1) is 17.5. The molecular weight excluding hydrogens is 488 g/mol. The lowest BCUT2D eigenvalue weighted by Gasteiger charge is -2.05. The van der Waals surface area contributed by atoms with E-state index in [0.29, 0.717) is 5.69 Å². The Morgan fingerprint density at radius 1 is 0.946 bits per heavy atom. The number of carbonyl (C=O) groups excluding carboxylic acids is 4. The van der Waals surface area contributed by atoms with Crippen molar-refractivity contribution in [1.29, 1.82) is 0 Å². The fourth-order valence-corrected chi connectivity index (χ4v) is 3.44. The molecule has 196 valence electrons. The SMILES string of the molecule is CCOC(=O)CCNC(=O)c1cc(NC(=O)c2nc(NC(=O)c3cc([N+](=O)[O-])cn3C)cn2C)cn1C. The number of nitro groups is 1. The molecule has 0 aliphatic heterocycles. The van der Waals surface area contributed by atoms with Crippen LogP contribution in [0.2, 0.25) is 0 Å². The number of rotatable bonds is 10. The molecule has 3 aromatic rings. The first-order valence-electron chi connectivity index (χ1n) is 11.1. The van der Waals surface area contributed by atoms with Gasteiger partial charge in [-0.3, -0.25) is 29.3 Å². The van der Waals surface area contributed by atoms with E-state index < -0.39 is 28.6 Å². The van der Waals surface area contributed by atoms with E-state index in [1.807, 2.05) is 0 Å². The standard InChI is InChI=1S/C22H26N8O7/c1-5-37-18(31)6-7-23-20(32)15-8-13(10-27(15)2)24-22(34)19-25-17(12-29(19)4)26-21(33)16-9-14(30(35)36)11-28(16)3/h8-12H,5-7H2,1-4H3,(H,23,32)(H,24,34)(H,26,33). The van der Waals surface area contributed by atoms with Gasteiger partial charge in [0.1, 0.15) is 11.4 Å². The normalized spacial score (nSPS) is 10.6. The predicted molar refractivity (Wildman–Crippen MR) is 130 cm³/mol. The summed E-state index contributed by atoms with van der Waals surface area (Å²) in [6, 6.07) is 2.59. The van der Waals surface area contributed by atoms with Crippen LogP contribution in [0.25, 0.3) is 0 Å². The van der Waals surface area contributed by atoms with Crippen LogP contribution in [0.5, 0.6) is 0 Å². The second-order valence-corrected chi connectivity index (χ2v) is 7.96. The van der Waals surface area contributed by atoms with Gasteiger partial charge in [-0.1, -0.05) is 0 Å². The van der Waals surface area contributed by atoms with Crippen molar-refractivity contribution in [2.75, 3.05) is 23.8 Å². The maximum absolute atomic E-state index is 12.8. The molecule has 0 aromatic carbocycles. The van der Waals surface area contributed by atoms with Crippen molar-refractivity contribution in [1.82, 2.24) is 24.0 Å². The quantitative estimate of drug-likeness (QED) is 0.205. The van der Waals surface area contributed by atoms with E-state index in [9.17, 15) is 29.3 Å². The van der Waals surface area contributed by atoms with Crippen LogP contribution in [0.1, 0.15) is 44.9 Å². The minimum Gasteiger partial charge on any atom is -0.466 e. The second kappa shape index (κ2) is 11.2. The summed E-state index contributed by atoms with van der Waals surface area (Å²) >= 11 is 0. The third-order valence-corrected chi connectivity index (χ3v) is 5.17. The number of aryl methyl sites for hydroxylation is 3. The Bertz CT molecular complexity index is 1370. The number of nitrogens with zero attached hydrogens (tertiary/aromatic N) is 5. The molecule has 0 bridgehead atoms. The Morgan fingerprint density at radius 2 is 1.62 bits per heavy atom. The van der Waals surface area contributed by atoms with Crippen molar-refractivity contribution in [3.05, 3.63) is 58.0 Å². The monoisotopic (exact) mass is 514 g/mol. The van der Waals surface area contributed by atoms with Crippen molar-refractivity contribution in [2.45, 2.75) is 13.3 Å². The highest BCUT2D eigenvalue weighted by molar-refractivity contribution is 6.05. The van der Waals surface area contributed by atoms with Gasteiger partial charge in [-0.15, -0.1) is 0 Å². The molecule has 15 nitrogen and oxygen atoms in total. The Balaban J connectivity index is 1.64. The number of carbonyl (C=O) groups is 4. The molecular formula is C22H26N8O7. The number of amides is 3. The Kier molecular flexibility index (Phi) is 8.06. The summed E-state index contributed by atoms with van der Waals surface area (Å²) in [6.45, 7) is 2.05. The van der Waals surface area contributed by atoms with Gasteiger partial charge in [0.25, 0.3) is 23.4 Å². The molecule has 0 saturated heterocycles. The zero-order valence-electron chi connectivity index (χ0n) is 20.6. The summed E-state index contributed by atoms with van der Waals surface area (Å²) in [7, 11) is 4.67. The first kappa shape index (κ1) is 26.7. The summed E-state index contributed by atoms with van der Waals surface area (Å²) < 4.78 is 9.03. The fourth-order valence-electron chi connectivity index (χ4n) is 3.44. The molecule has 0 fully saturated rings. The number of aromatic nitrogens is 4. The lowest BCUT2D eigenvalue weighted by atomic mass is 10.3. The van der Waals surface area contributed by atoms with E-state index >= 15 is 0 Å². The van der Waals surface area contributed by atoms with Gasteiger partial charge in [-0.2, -0.15) is 0 Å². The molecule has 0 saturated carbocycles. The molecule has 37 heavy (non-hydrogen) atoms. The van der Waals surface area contributed by atoms with Gasteiger partial charge in [0.2, 0.25) is 5.82 Å². The summed E-state index contributed by atoms with van der Waals surface area (Å²) in [5, 5.41) is 18.7. The van der Waals surface area contributed by atoms with Crippen molar-refractivity contribution < 1.29 is 28.8 Å². The van der Waals surface area contributed by atoms with Gasteiger partial charge in [-0.25, -0.2) is 4.98 Å². The fraction of sp³-hybridized carbons (Fsp3) is 0.318. The van der Waals surface area contributed by atoms with Gasteiger partial charge >= 0.3 is 5.97 Å². The van der Waals surface area contributed by atoms with Crippen molar-refractivity contribution in [3.63, 3.8) is 0 Å². The molecule has 3 amide bonds. The topological polar surface area (TPSA) is 184 Å². The lowest BCUT2D eigenvalue weighted by Crippen LogP contribution is -2.28. The summed E-state index contributed by atoms with van der Waals surface area (Å²) in [6.07, 6.45) is 4.19.